The normalized spacial score (nSPS) is 24.4. The number of ether oxygens (including phenoxy) is 2. The number of urea groups is 1. The molecule has 5 N–H and O–H groups in total. The van der Waals surface area contributed by atoms with Crippen molar-refractivity contribution in [3.63, 3.8) is 0 Å². The van der Waals surface area contributed by atoms with E-state index >= 15 is 17.6 Å². The Morgan fingerprint density at radius 2 is 1.68 bits per heavy atom. The van der Waals surface area contributed by atoms with Gasteiger partial charge in [0.15, 0.2) is 28.8 Å². The molecule has 4 aliphatic heterocycles. The van der Waals surface area contributed by atoms with E-state index in [1.807, 2.05) is 42.2 Å². The fourth-order valence-electron chi connectivity index (χ4n) is 12.5. The largest absolute Gasteiger partial charge is 0.488 e. The number of hydrogen-bond donors (Lipinski definition) is 4. The van der Waals surface area contributed by atoms with Crippen molar-refractivity contribution >= 4 is 52.1 Å². The molecule has 1 aliphatic carbocycles. The Morgan fingerprint density at radius 3 is 2.37 bits per heavy atom. The highest BCUT2D eigenvalue weighted by atomic mass is 35.5. The summed E-state index contributed by atoms with van der Waals surface area (Å²) in [6, 6.07) is 13.7. The van der Waals surface area contributed by atoms with Gasteiger partial charge in [-0.3, -0.25) is 29.3 Å². The number of nitrogens with one attached hydrogen (secondary N) is 2. The van der Waals surface area contributed by atoms with Crippen LogP contribution in [-0.4, -0.2) is 114 Å². The predicted octanol–water partition coefficient (Wildman–Crippen LogP) is 8.02. The minimum absolute atomic E-state index is 0.0151. The van der Waals surface area contributed by atoms with Crippen molar-refractivity contribution in [1.29, 1.82) is 0 Å². The van der Waals surface area contributed by atoms with Crippen LogP contribution in [0.2, 0.25) is 5.02 Å². The standard InChI is InChI=1S/C55H61ClF4N8O7/c1-30-42-40(26-38(58)46(56)45(42)44-35(50(61)71)13-14-39(47(44)59)74-24-23-69)75-55(30,33-7-5-4-6-8-33)27-62-34-11-9-32(10-12-34)52(72)67-22-18-54(2,29-67)28-66-19-15-31(16-20-66)43-37(57)25-36-49(48(43)60)65(3)64-51(36)68-21-17-41(70)63-53(68)73/h4-8,13-14,25-26,30-32,34,62,69H,9-12,15-24,27-29H2,1-3H3,(H2,61,71)(H,63,70,73)/t30-,32?,34?,54+,55-/m0/s1. The minimum Gasteiger partial charge on any atom is -0.488 e. The summed E-state index contributed by atoms with van der Waals surface area (Å²) >= 11 is 6.72. The van der Waals surface area contributed by atoms with Crippen LogP contribution in [0.3, 0.4) is 0 Å². The molecule has 0 unspecified atom stereocenters. The average molecular weight is 1060 g/mol. The van der Waals surface area contributed by atoms with E-state index in [0.29, 0.717) is 57.4 Å². The molecule has 4 aromatic carbocycles. The molecule has 75 heavy (non-hydrogen) atoms. The van der Waals surface area contributed by atoms with Gasteiger partial charge in [0.05, 0.1) is 22.6 Å². The number of halogens is 5. The Labute approximate surface area is 436 Å². The molecule has 4 fully saturated rings. The van der Waals surface area contributed by atoms with E-state index in [2.05, 4.69) is 27.6 Å². The molecule has 3 atom stereocenters. The van der Waals surface area contributed by atoms with Gasteiger partial charge in [-0.2, -0.15) is 5.10 Å². The number of rotatable bonds is 14. The lowest BCUT2D eigenvalue weighted by Crippen LogP contribution is -2.49. The molecule has 1 aromatic heterocycles. The van der Waals surface area contributed by atoms with Gasteiger partial charge in [0.25, 0.3) is 0 Å². The van der Waals surface area contributed by atoms with Crippen molar-refractivity contribution in [1.82, 2.24) is 30.2 Å². The van der Waals surface area contributed by atoms with Crippen LogP contribution in [-0.2, 0) is 22.2 Å². The van der Waals surface area contributed by atoms with Crippen LogP contribution in [0.1, 0.15) is 104 Å². The third kappa shape index (κ3) is 9.58. The van der Waals surface area contributed by atoms with E-state index in [1.165, 1.54) is 33.8 Å². The van der Waals surface area contributed by atoms with E-state index in [1.54, 1.807) is 7.05 Å². The lowest BCUT2D eigenvalue weighted by molar-refractivity contribution is -0.136. The van der Waals surface area contributed by atoms with Crippen LogP contribution < -0.4 is 30.7 Å². The summed E-state index contributed by atoms with van der Waals surface area (Å²) in [4.78, 5) is 56.8. The van der Waals surface area contributed by atoms with Crippen molar-refractivity contribution in [3.8, 4) is 22.6 Å². The third-order valence-electron chi connectivity index (χ3n) is 16.4. The topological polar surface area (TPSA) is 185 Å². The number of hydrogen-bond acceptors (Lipinski definition) is 10. The van der Waals surface area contributed by atoms with Crippen LogP contribution in [0, 0.1) is 34.6 Å². The van der Waals surface area contributed by atoms with Gasteiger partial charge in [0.1, 0.15) is 29.5 Å². The molecule has 5 heterocycles. The van der Waals surface area contributed by atoms with E-state index in [9.17, 15) is 24.3 Å². The van der Waals surface area contributed by atoms with Gasteiger partial charge >= 0.3 is 6.03 Å². The number of carbonyl (C=O) groups excluding carboxylic acids is 4. The first kappa shape index (κ1) is 52.2. The number of fused-ring (bicyclic) bond motifs is 2. The number of amides is 5. The van der Waals surface area contributed by atoms with E-state index in [-0.39, 0.29) is 106 Å². The second-order valence-corrected chi connectivity index (χ2v) is 21.6. The number of aryl methyl sites for hydroxylation is 1. The van der Waals surface area contributed by atoms with Crippen LogP contribution >= 0.6 is 11.6 Å². The van der Waals surface area contributed by atoms with Gasteiger partial charge in [0.2, 0.25) is 17.7 Å². The Kier molecular flexibility index (Phi) is 14.4. The number of aliphatic hydroxyl groups is 1. The molecule has 5 aromatic rings. The van der Waals surface area contributed by atoms with Crippen molar-refractivity contribution in [2.45, 2.75) is 88.7 Å². The molecule has 0 radical (unpaired) electrons. The molecular weight excluding hydrogens is 996 g/mol. The molecule has 1 saturated carbocycles. The molecule has 10 rings (SSSR count). The van der Waals surface area contributed by atoms with Crippen LogP contribution in [0.25, 0.3) is 22.0 Å². The number of carbonyl (C=O) groups is 4. The van der Waals surface area contributed by atoms with E-state index < -0.39 is 64.3 Å². The van der Waals surface area contributed by atoms with Crippen molar-refractivity contribution in [2.75, 3.05) is 63.9 Å². The molecule has 0 spiro atoms. The summed E-state index contributed by atoms with van der Waals surface area (Å²) < 4.78 is 78.2. The summed E-state index contributed by atoms with van der Waals surface area (Å²) in [7, 11) is 1.55. The number of primary amides is 1. The first-order valence-corrected chi connectivity index (χ1v) is 26.1. The number of aliphatic hydroxyl groups excluding tert-OH is 1. The summed E-state index contributed by atoms with van der Waals surface area (Å²) in [5, 5.41) is 19.4. The SMILES string of the molecule is C[C@H]1c2c(cc(F)c(Cl)c2-c2c(C(N)=O)ccc(OCCO)c2F)O[C@]1(CNC1CCC(C(=O)N2CC[C@](C)(CN3CCC(c4c(F)cc5c(N6CCC(=O)NC6=O)nn(C)c5c4F)CC3)C2)CC1)c1ccccc1. The first-order chi connectivity index (χ1) is 35.9. The van der Waals surface area contributed by atoms with E-state index in [0.717, 1.165) is 31.4 Å². The zero-order valence-electron chi connectivity index (χ0n) is 42.1. The van der Waals surface area contributed by atoms with Gasteiger partial charge in [-0.1, -0.05) is 55.8 Å². The van der Waals surface area contributed by atoms with Gasteiger partial charge in [-0.25, -0.2) is 22.4 Å². The Balaban J connectivity index is 0.767. The van der Waals surface area contributed by atoms with Crippen molar-refractivity contribution in [2.24, 2.45) is 24.1 Å². The Bertz CT molecular complexity index is 3070. The van der Waals surface area contributed by atoms with Gasteiger partial charge < -0.3 is 35.4 Å². The number of benzene rings is 4. The molecule has 3 saturated heterocycles. The Morgan fingerprint density at radius 1 is 0.947 bits per heavy atom. The maximum absolute atomic E-state index is 16.5. The molecular formula is C55H61ClF4N8O7. The van der Waals surface area contributed by atoms with Crippen molar-refractivity contribution < 1.29 is 51.3 Å². The van der Waals surface area contributed by atoms with Crippen LogP contribution in [0.5, 0.6) is 11.5 Å². The minimum atomic E-state index is -1.14. The molecule has 15 nitrogen and oxygen atoms in total. The maximum atomic E-state index is 16.5. The lowest BCUT2D eigenvalue weighted by atomic mass is 9.77. The number of nitrogens with zero attached hydrogens (tertiary/aromatic N) is 5. The van der Waals surface area contributed by atoms with Crippen molar-refractivity contribution in [3.05, 3.63) is 105 Å². The number of nitrogens with two attached hydrogens (primary N) is 1. The van der Waals surface area contributed by atoms with Crippen LogP contribution in [0.4, 0.5) is 28.2 Å². The number of aromatic nitrogens is 2. The van der Waals surface area contributed by atoms with E-state index in [4.69, 9.17) is 26.8 Å². The predicted molar refractivity (Wildman–Crippen MR) is 273 cm³/mol. The number of piperidine rings is 1. The summed E-state index contributed by atoms with van der Waals surface area (Å²) in [6.45, 7) is 7.06. The van der Waals surface area contributed by atoms with Crippen LogP contribution in [0.15, 0.2) is 54.6 Å². The summed E-state index contributed by atoms with van der Waals surface area (Å²) in [6.07, 6.45) is 4.76. The molecule has 5 amide bonds. The monoisotopic (exact) mass is 1060 g/mol. The highest BCUT2D eigenvalue weighted by molar-refractivity contribution is 6.34. The highest BCUT2D eigenvalue weighted by Crippen LogP contribution is 2.57. The number of imide groups is 1. The average Bonchev–Trinajstić information content (AvgIpc) is 4.04. The summed E-state index contributed by atoms with van der Waals surface area (Å²) in [5.41, 5.74) is 5.10. The van der Waals surface area contributed by atoms with Gasteiger partial charge in [-0.15, -0.1) is 0 Å². The zero-order valence-corrected chi connectivity index (χ0v) is 42.9. The fourth-order valence-corrected chi connectivity index (χ4v) is 12.8. The second kappa shape index (κ2) is 20.7. The highest BCUT2D eigenvalue weighted by Gasteiger charge is 2.51. The number of likely N-dealkylation sites (tertiary alicyclic amines) is 2. The first-order valence-electron chi connectivity index (χ1n) is 25.7. The Hall–Kier alpha value is -6.28. The molecule has 5 aliphatic rings. The van der Waals surface area contributed by atoms with Gasteiger partial charge in [-0.05, 0) is 93.1 Å². The summed E-state index contributed by atoms with van der Waals surface area (Å²) in [5.74, 6) is -5.62. The third-order valence-corrected chi connectivity index (χ3v) is 16.8. The molecule has 398 valence electrons. The molecule has 20 heteroatoms. The number of anilines is 1. The molecule has 0 bridgehead atoms. The second-order valence-electron chi connectivity index (χ2n) is 21.3. The quantitative estimate of drug-likeness (QED) is 0.0795. The van der Waals surface area contributed by atoms with Gasteiger partial charge in [0, 0.05) is 92.4 Å². The fraction of sp³-hybridized carbons (Fsp3) is 0.473. The maximum Gasteiger partial charge on any atom is 0.329 e. The zero-order chi connectivity index (χ0) is 53.1. The smallest absolute Gasteiger partial charge is 0.329 e. The lowest BCUT2D eigenvalue weighted by Gasteiger charge is -2.38.